The predicted molar refractivity (Wildman–Crippen MR) is 116 cm³/mol. The summed E-state index contributed by atoms with van der Waals surface area (Å²) in [7, 11) is 1.56. The van der Waals surface area contributed by atoms with Crippen molar-refractivity contribution in [3.8, 4) is 5.75 Å². The van der Waals surface area contributed by atoms with Gasteiger partial charge in [-0.2, -0.15) is 0 Å². The minimum atomic E-state index is -0.465. The van der Waals surface area contributed by atoms with Crippen LogP contribution in [0.5, 0.6) is 5.75 Å². The van der Waals surface area contributed by atoms with Crippen LogP contribution in [-0.2, 0) is 9.59 Å². The summed E-state index contributed by atoms with van der Waals surface area (Å²) < 4.78 is 5.27. The molecule has 2 fully saturated rings. The first kappa shape index (κ1) is 19.5. The lowest BCUT2D eigenvalue weighted by molar-refractivity contribution is -0.128. The van der Waals surface area contributed by atoms with Crippen LogP contribution in [0.2, 0.25) is 0 Å². The van der Waals surface area contributed by atoms with Crippen molar-refractivity contribution < 1.29 is 14.3 Å². The van der Waals surface area contributed by atoms with Gasteiger partial charge in [0, 0.05) is 12.5 Å². The standard InChI is InChI=1S/C22H23N3O3S/c1-14-7-3-4-8-16(14)24-22-25(15-11-12-15)21(27)19(29-22)13-20(26)23-17-9-5-6-10-18(17)28-2/h3-10,15,19H,11-13H2,1-2H3,(H,23,26)/t19-/m0/s1. The maximum atomic E-state index is 13.0. The number of amides is 2. The van der Waals surface area contributed by atoms with Crippen molar-refractivity contribution in [1.82, 2.24) is 4.90 Å². The number of benzene rings is 2. The van der Waals surface area contributed by atoms with Crippen molar-refractivity contribution in [2.75, 3.05) is 12.4 Å². The van der Waals surface area contributed by atoms with Crippen LogP contribution < -0.4 is 10.1 Å². The molecule has 0 spiro atoms. The van der Waals surface area contributed by atoms with Crippen LogP contribution in [0.1, 0.15) is 24.8 Å². The third kappa shape index (κ3) is 4.29. The smallest absolute Gasteiger partial charge is 0.242 e. The fraction of sp³-hybridized carbons (Fsp3) is 0.318. The van der Waals surface area contributed by atoms with Gasteiger partial charge in [0.15, 0.2) is 5.17 Å². The number of carbonyl (C=O) groups is 2. The molecule has 1 atom stereocenters. The average Bonchev–Trinajstić information content (AvgIpc) is 3.50. The highest BCUT2D eigenvalue weighted by molar-refractivity contribution is 8.15. The van der Waals surface area contributed by atoms with E-state index in [1.54, 1.807) is 24.1 Å². The van der Waals surface area contributed by atoms with Crippen molar-refractivity contribution in [1.29, 1.82) is 0 Å². The highest BCUT2D eigenvalue weighted by Gasteiger charge is 2.46. The second-order valence-electron chi connectivity index (χ2n) is 7.18. The van der Waals surface area contributed by atoms with Crippen LogP contribution in [0, 0.1) is 6.92 Å². The van der Waals surface area contributed by atoms with Crippen LogP contribution in [-0.4, -0.2) is 40.3 Å². The number of aliphatic imine (C=N–C) groups is 1. The highest BCUT2D eigenvalue weighted by Crippen LogP contribution is 2.40. The number of amidine groups is 1. The Morgan fingerprint density at radius 1 is 1.21 bits per heavy atom. The molecule has 0 radical (unpaired) electrons. The van der Waals surface area contributed by atoms with Crippen molar-refractivity contribution in [2.45, 2.75) is 37.5 Å². The van der Waals surface area contributed by atoms with Crippen LogP contribution in [0.15, 0.2) is 53.5 Å². The van der Waals surface area contributed by atoms with E-state index in [2.05, 4.69) is 5.32 Å². The topological polar surface area (TPSA) is 71.0 Å². The van der Waals surface area contributed by atoms with E-state index in [9.17, 15) is 9.59 Å². The van der Waals surface area contributed by atoms with Gasteiger partial charge < -0.3 is 10.1 Å². The van der Waals surface area contributed by atoms with Gasteiger partial charge in [0.2, 0.25) is 11.8 Å². The number of methoxy groups -OCH3 is 1. The predicted octanol–water partition coefficient (Wildman–Crippen LogP) is 4.13. The number of nitrogens with one attached hydrogen (secondary N) is 1. The zero-order valence-electron chi connectivity index (χ0n) is 16.4. The third-order valence-corrected chi connectivity index (χ3v) is 6.11. The van der Waals surface area contributed by atoms with Crippen molar-refractivity contribution >= 4 is 40.1 Å². The summed E-state index contributed by atoms with van der Waals surface area (Å²) in [5.41, 5.74) is 2.51. The normalized spacial score (nSPS) is 20.2. The van der Waals surface area contributed by atoms with Crippen LogP contribution in [0.4, 0.5) is 11.4 Å². The van der Waals surface area contributed by atoms with Gasteiger partial charge in [0.25, 0.3) is 0 Å². The van der Waals surface area contributed by atoms with Gasteiger partial charge in [-0.1, -0.05) is 42.1 Å². The highest BCUT2D eigenvalue weighted by atomic mass is 32.2. The summed E-state index contributed by atoms with van der Waals surface area (Å²) in [4.78, 5) is 32.1. The molecule has 1 N–H and O–H groups in total. The number of aryl methyl sites for hydroxylation is 1. The Labute approximate surface area is 174 Å². The maximum Gasteiger partial charge on any atom is 0.242 e. The van der Waals surface area contributed by atoms with Gasteiger partial charge >= 0.3 is 0 Å². The van der Waals surface area contributed by atoms with E-state index in [0.717, 1.165) is 24.1 Å². The first-order valence-corrected chi connectivity index (χ1v) is 10.5. The molecule has 150 valence electrons. The zero-order chi connectivity index (χ0) is 20.4. The summed E-state index contributed by atoms with van der Waals surface area (Å²) in [5.74, 6) is 0.348. The Morgan fingerprint density at radius 2 is 1.93 bits per heavy atom. The molecular weight excluding hydrogens is 386 g/mol. The zero-order valence-corrected chi connectivity index (χ0v) is 17.2. The van der Waals surface area contributed by atoms with Gasteiger partial charge in [-0.25, -0.2) is 4.99 Å². The number of para-hydroxylation sites is 3. The molecule has 29 heavy (non-hydrogen) atoms. The number of thioether (sulfide) groups is 1. The van der Waals surface area contributed by atoms with Gasteiger partial charge in [0.1, 0.15) is 11.0 Å². The van der Waals surface area contributed by atoms with Crippen molar-refractivity contribution in [3.05, 3.63) is 54.1 Å². The molecule has 7 heteroatoms. The number of anilines is 1. The number of hydrogen-bond acceptors (Lipinski definition) is 5. The molecule has 1 saturated heterocycles. The van der Waals surface area contributed by atoms with Gasteiger partial charge in [-0.05, 0) is 43.5 Å². The molecule has 0 aromatic heterocycles. The van der Waals surface area contributed by atoms with Gasteiger partial charge in [-0.3, -0.25) is 14.5 Å². The van der Waals surface area contributed by atoms with Crippen molar-refractivity contribution in [2.24, 2.45) is 4.99 Å². The fourth-order valence-corrected chi connectivity index (χ4v) is 4.48. The molecule has 0 unspecified atom stereocenters. The summed E-state index contributed by atoms with van der Waals surface area (Å²) in [6, 6.07) is 15.3. The fourth-order valence-electron chi connectivity index (χ4n) is 3.27. The molecule has 2 aromatic carbocycles. The molecule has 1 aliphatic heterocycles. The molecule has 2 aliphatic rings. The Kier molecular flexibility index (Phi) is 5.58. The van der Waals surface area contributed by atoms with E-state index < -0.39 is 5.25 Å². The Morgan fingerprint density at radius 3 is 2.66 bits per heavy atom. The third-order valence-electron chi connectivity index (χ3n) is 4.96. The summed E-state index contributed by atoms with van der Waals surface area (Å²) in [6.45, 7) is 2.00. The van der Waals surface area contributed by atoms with E-state index in [0.29, 0.717) is 16.6 Å². The van der Waals surface area contributed by atoms with E-state index in [-0.39, 0.29) is 24.3 Å². The monoisotopic (exact) mass is 409 g/mol. The number of ether oxygens (including phenoxy) is 1. The second kappa shape index (κ2) is 8.29. The average molecular weight is 410 g/mol. The molecular formula is C22H23N3O3S. The Hall–Kier alpha value is -2.80. The largest absolute Gasteiger partial charge is 0.495 e. The minimum absolute atomic E-state index is 0.0278. The maximum absolute atomic E-state index is 13.0. The SMILES string of the molecule is COc1ccccc1NC(=O)C[C@@H]1SC(=Nc2ccccc2C)N(C2CC2)C1=O. The molecule has 2 amide bonds. The van der Waals surface area contributed by atoms with Crippen LogP contribution in [0.3, 0.4) is 0 Å². The van der Waals surface area contributed by atoms with E-state index in [4.69, 9.17) is 9.73 Å². The van der Waals surface area contributed by atoms with E-state index >= 15 is 0 Å². The van der Waals surface area contributed by atoms with Gasteiger partial charge in [0.05, 0.1) is 18.5 Å². The molecule has 2 aromatic rings. The molecule has 1 aliphatic carbocycles. The van der Waals surface area contributed by atoms with Crippen molar-refractivity contribution in [3.63, 3.8) is 0 Å². The molecule has 0 bridgehead atoms. The quantitative estimate of drug-likeness (QED) is 0.779. The number of carbonyl (C=O) groups excluding carboxylic acids is 2. The molecule has 4 rings (SSSR count). The first-order valence-electron chi connectivity index (χ1n) is 9.63. The first-order chi connectivity index (χ1) is 14.1. The summed E-state index contributed by atoms with van der Waals surface area (Å²) in [6.07, 6.45) is 2.07. The Balaban J connectivity index is 1.50. The molecule has 1 saturated carbocycles. The summed E-state index contributed by atoms with van der Waals surface area (Å²) in [5, 5.41) is 3.09. The number of nitrogens with zero attached hydrogens (tertiary/aromatic N) is 2. The van der Waals surface area contributed by atoms with Gasteiger partial charge in [-0.15, -0.1) is 0 Å². The number of rotatable bonds is 6. The number of hydrogen-bond donors (Lipinski definition) is 1. The van der Waals surface area contributed by atoms with Crippen LogP contribution in [0.25, 0.3) is 0 Å². The van der Waals surface area contributed by atoms with E-state index in [1.165, 1.54) is 11.8 Å². The lowest BCUT2D eigenvalue weighted by atomic mass is 10.2. The van der Waals surface area contributed by atoms with E-state index in [1.807, 2.05) is 43.3 Å². The van der Waals surface area contributed by atoms with Crippen LogP contribution >= 0.6 is 11.8 Å². The summed E-state index contributed by atoms with van der Waals surface area (Å²) >= 11 is 1.38. The molecule has 1 heterocycles. The molecule has 6 nitrogen and oxygen atoms in total. The second-order valence-corrected chi connectivity index (χ2v) is 8.35. The lowest BCUT2D eigenvalue weighted by Crippen LogP contribution is -2.35. The Bertz CT molecular complexity index is 971. The lowest BCUT2D eigenvalue weighted by Gasteiger charge is -2.15. The minimum Gasteiger partial charge on any atom is -0.495 e.